The summed E-state index contributed by atoms with van der Waals surface area (Å²) in [6.45, 7) is 2.08. The van der Waals surface area contributed by atoms with E-state index in [1.165, 1.54) is 12.8 Å². The van der Waals surface area contributed by atoms with Gasteiger partial charge in [0.15, 0.2) is 0 Å². The normalized spacial score (nSPS) is 20.7. The maximum Gasteiger partial charge on any atom is 0.213 e. The molecule has 70 valence electrons. The van der Waals surface area contributed by atoms with Gasteiger partial charge in [-0.05, 0) is 18.8 Å². The second kappa shape index (κ2) is 4.30. The lowest BCUT2D eigenvalue weighted by Gasteiger charge is -2.09. The highest BCUT2D eigenvalue weighted by Crippen LogP contribution is 2.34. The van der Waals surface area contributed by atoms with E-state index in [4.69, 9.17) is 10.9 Å². The highest BCUT2D eigenvalue weighted by atomic mass is 16.5. The van der Waals surface area contributed by atoms with Gasteiger partial charge in [0.1, 0.15) is 0 Å². The molecular formula is C8H17N3O. The fourth-order valence-electron chi connectivity index (χ4n) is 1.27. The van der Waals surface area contributed by atoms with Crippen LogP contribution in [0.3, 0.4) is 0 Å². The van der Waals surface area contributed by atoms with Gasteiger partial charge in [0.2, 0.25) is 5.96 Å². The van der Waals surface area contributed by atoms with Crippen molar-refractivity contribution in [2.24, 2.45) is 16.6 Å². The summed E-state index contributed by atoms with van der Waals surface area (Å²) in [4.78, 5) is 4.13. The van der Waals surface area contributed by atoms with Crippen molar-refractivity contribution in [3.63, 3.8) is 0 Å². The summed E-state index contributed by atoms with van der Waals surface area (Å²) in [6.07, 6.45) is 4.76. The predicted molar refractivity (Wildman–Crippen MR) is 48.0 cm³/mol. The largest absolute Gasteiger partial charge is 0.368 e. The van der Waals surface area contributed by atoms with Gasteiger partial charge < -0.3 is 5.73 Å². The number of hydrogen-bond donors (Lipinski definition) is 3. The lowest BCUT2D eigenvalue weighted by molar-refractivity contribution is 0.231. The first-order valence-corrected chi connectivity index (χ1v) is 4.49. The Labute approximate surface area is 72.8 Å². The van der Waals surface area contributed by atoms with Crippen LogP contribution in [0.25, 0.3) is 0 Å². The highest BCUT2D eigenvalue weighted by Gasteiger charge is 2.24. The van der Waals surface area contributed by atoms with Gasteiger partial charge in [-0.15, -0.1) is 0 Å². The molecule has 12 heavy (non-hydrogen) atoms. The Morgan fingerprint density at radius 2 is 2.42 bits per heavy atom. The van der Waals surface area contributed by atoms with Crippen molar-refractivity contribution in [1.29, 1.82) is 0 Å². The molecule has 1 aliphatic rings. The third kappa shape index (κ3) is 3.09. The molecule has 1 fully saturated rings. The number of aliphatic imine (C=N–C) groups is 1. The summed E-state index contributed by atoms with van der Waals surface area (Å²) in [5, 5.41) is 8.42. The number of guanidine groups is 1. The summed E-state index contributed by atoms with van der Waals surface area (Å²) in [5.41, 5.74) is 7.19. The van der Waals surface area contributed by atoms with Gasteiger partial charge in [-0.1, -0.05) is 19.8 Å². The van der Waals surface area contributed by atoms with Crippen molar-refractivity contribution < 1.29 is 5.21 Å². The van der Waals surface area contributed by atoms with Gasteiger partial charge in [-0.25, -0.2) is 10.5 Å². The van der Waals surface area contributed by atoms with Crippen molar-refractivity contribution in [2.45, 2.75) is 38.6 Å². The zero-order chi connectivity index (χ0) is 8.97. The molecular weight excluding hydrogens is 154 g/mol. The van der Waals surface area contributed by atoms with Gasteiger partial charge in [0.05, 0.1) is 6.04 Å². The zero-order valence-electron chi connectivity index (χ0n) is 7.45. The maximum absolute atomic E-state index is 8.42. The van der Waals surface area contributed by atoms with Crippen LogP contribution in [0.2, 0.25) is 0 Å². The summed E-state index contributed by atoms with van der Waals surface area (Å²) in [6, 6.07) is 0.275. The molecule has 1 unspecified atom stereocenters. The van der Waals surface area contributed by atoms with Crippen molar-refractivity contribution >= 4 is 5.96 Å². The van der Waals surface area contributed by atoms with Crippen molar-refractivity contribution in [3.05, 3.63) is 0 Å². The molecule has 0 radical (unpaired) electrons. The van der Waals surface area contributed by atoms with Crippen molar-refractivity contribution in [1.82, 2.24) is 5.48 Å². The van der Waals surface area contributed by atoms with Crippen molar-refractivity contribution in [2.75, 3.05) is 0 Å². The van der Waals surface area contributed by atoms with E-state index in [1.54, 1.807) is 0 Å². The number of nitrogens with one attached hydrogen (secondary N) is 1. The van der Waals surface area contributed by atoms with E-state index in [-0.39, 0.29) is 12.0 Å². The molecule has 0 aliphatic heterocycles. The van der Waals surface area contributed by atoms with E-state index in [1.807, 2.05) is 5.48 Å². The molecule has 0 heterocycles. The molecule has 1 rings (SSSR count). The maximum atomic E-state index is 8.42. The molecule has 1 atom stereocenters. The Balaban J connectivity index is 2.32. The number of hydrogen-bond acceptors (Lipinski definition) is 2. The molecule has 0 aromatic rings. The Morgan fingerprint density at radius 3 is 2.83 bits per heavy atom. The van der Waals surface area contributed by atoms with E-state index in [0.717, 1.165) is 18.8 Å². The molecule has 4 N–H and O–H groups in total. The lowest BCUT2D eigenvalue weighted by atomic mass is 10.1. The highest BCUT2D eigenvalue weighted by molar-refractivity contribution is 5.76. The molecule has 0 bridgehead atoms. The lowest BCUT2D eigenvalue weighted by Crippen LogP contribution is -2.30. The molecule has 1 saturated carbocycles. The minimum Gasteiger partial charge on any atom is -0.368 e. The Kier molecular flexibility index (Phi) is 3.34. The predicted octanol–water partition coefficient (Wildman–Crippen LogP) is 0.859. The quantitative estimate of drug-likeness (QED) is 0.334. The van der Waals surface area contributed by atoms with Crippen LogP contribution in [-0.2, 0) is 0 Å². The standard InChI is InChI=1S/C8H17N3O/c1-2-7(5-6-3-4-6)10-8(9)11-12/h6-7,12H,2-5H2,1H3,(H3,9,10,11). The third-order valence-corrected chi connectivity index (χ3v) is 2.21. The van der Waals surface area contributed by atoms with Crippen LogP contribution in [0.5, 0.6) is 0 Å². The van der Waals surface area contributed by atoms with E-state index in [9.17, 15) is 0 Å². The van der Waals surface area contributed by atoms with Crippen LogP contribution in [-0.4, -0.2) is 17.2 Å². The molecule has 4 nitrogen and oxygen atoms in total. The van der Waals surface area contributed by atoms with Crippen LogP contribution in [0.4, 0.5) is 0 Å². The second-order valence-electron chi connectivity index (χ2n) is 3.37. The molecule has 0 spiro atoms. The summed E-state index contributed by atoms with van der Waals surface area (Å²) >= 11 is 0. The first-order valence-electron chi connectivity index (χ1n) is 4.49. The van der Waals surface area contributed by atoms with Crippen LogP contribution in [0.1, 0.15) is 32.6 Å². The van der Waals surface area contributed by atoms with Gasteiger partial charge >= 0.3 is 0 Å². The molecule has 1 aliphatic carbocycles. The van der Waals surface area contributed by atoms with E-state index < -0.39 is 0 Å². The van der Waals surface area contributed by atoms with E-state index in [2.05, 4.69) is 11.9 Å². The van der Waals surface area contributed by atoms with Crippen LogP contribution in [0.15, 0.2) is 4.99 Å². The number of nitrogens with zero attached hydrogens (tertiary/aromatic N) is 1. The Bertz CT molecular complexity index is 166. The van der Waals surface area contributed by atoms with Gasteiger partial charge in [-0.3, -0.25) is 5.21 Å². The van der Waals surface area contributed by atoms with Crippen LogP contribution in [0, 0.1) is 5.92 Å². The molecule has 0 amide bonds. The monoisotopic (exact) mass is 171 g/mol. The molecule has 0 saturated heterocycles. The zero-order valence-corrected chi connectivity index (χ0v) is 7.45. The average Bonchev–Trinajstić information content (AvgIpc) is 2.86. The average molecular weight is 171 g/mol. The Hall–Kier alpha value is -0.770. The Morgan fingerprint density at radius 1 is 1.75 bits per heavy atom. The second-order valence-corrected chi connectivity index (χ2v) is 3.37. The van der Waals surface area contributed by atoms with Gasteiger partial charge in [0.25, 0.3) is 0 Å². The van der Waals surface area contributed by atoms with Gasteiger partial charge in [-0.2, -0.15) is 0 Å². The molecule has 0 aromatic carbocycles. The SMILES string of the molecule is CCC(CC1CC1)N=C(N)NO. The number of rotatable bonds is 4. The fourth-order valence-corrected chi connectivity index (χ4v) is 1.27. The summed E-state index contributed by atoms with van der Waals surface area (Å²) in [5.74, 6) is 0.979. The fraction of sp³-hybridized carbons (Fsp3) is 0.875. The topological polar surface area (TPSA) is 70.6 Å². The summed E-state index contributed by atoms with van der Waals surface area (Å²) in [7, 11) is 0. The number of hydroxylamine groups is 1. The van der Waals surface area contributed by atoms with Crippen molar-refractivity contribution in [3.8, 4) is 0 Å². The van der Waals surface area contributed by atoms with Gasteiger partial charge in [0, 0.05) is 0 Å². The first-order chi connectivity index (χ1) is 5.76. The third-order valence-electron chi connectivity index (χ3n) is 2.21. The van der Waals surface area contributed by atoms with Crippen LogP contribution >= 0.6 is 0 Å². The smallest absolute Gasteiger partial charge is 0.213 e. The number of nitrogens with two attached hydrogens (primary N) is 1. The summed E-state index contributed by atoms with van der Waals surface area (Å²) < 4.78 is 0. The minimum atomic E-state index is 0.127. The molecule has 4 heteroatoms. The first kappa shape index (κ1) is 9.32. The van der Waals surface area contributed by atoms with E-state index in [0.29, 0.717) is 0 Å². The van der Waals surface area contributed by atoms with E-state index >= 15 is 0 Å². The molecule has 0 aromatic heterocycles. The van der Waals surface area contributed by atoms with Crippen LogP contribution < -0.4 is 11.2 Å². The minimum absolute atomic E-state index is 0.127.